The number of nitrogens with one attached hydrogen (secondary N) is 1. The molecule has 1 aromatic carbocycles. The standard InChI is InChI=1S/C27H42N2O2/c1-6-9-16-29-17-14-22(15-18-29)28-27(31)26(30)23(8-3)25-13-11-10-12-24(25)21(7-2)19-20(4)5/h8,10-13,20-22H,6-7,9,14-19H2,1-5H3,(H,28,31). The van der Waals surface area contributed by atoms with E-state index >= 15 is 0 Å². The lowest BCUT2D eigenvalue weighted by Gasteiger charge is -2.32. The molecular formula is C27H42N2O2. The molecule has 0 bridgehead atoms. The molecule has 172 valence electrons. The number of hydrogen-bond donors (Lipinski definition) is 1. The van der Waals surface area contributed by atoms with Crippen LogP contribution in [0, 0.1) is 5.92 Å². The lowest BCUT2D eigenvalue weighted by Crippen LogP contribution is -2.46. The number of rotatable bonds is 11. The van der Waals surface area contributed by atoms with Crippen LogP contribution in [0.5, 0.6) is 0 Å². The van der Waals surface area contributed by atoms with Crippen molar-refractivity contribution in [2.75, 3.05) is 19.6 Å². The number of allylic oxidation sites excluding steroid dienone is 1. The summed E-state index contributed by atoms with van der Waals surface area (Å²) in [5.41, 5.74) is 2.61. The zero-order chi connectivity index (χ0) is 22.8. The van der Waals surface area contributed by atoms with Crippen molar-refractivity contribution in [3.05, 3.63) is 41.5 Å². The number of nitrogens with zero attached hydrogens (tertiary/aromatic N) is 1. The van der Waals surface area contributed by atoms with Crippen LogP contribution in [-0.4, -0.2) is 42.3 Å². The maximum absolute atomic E-state index is 13.1. The largest absolute Gasteiger partial charge is 0.346 e. The van der Waals surface area contributed by atoms with Crippen LogP contribution in [0.15, 0.2) is 30.3 Å². The smallest absolute Gasteiger partial charge is 0.292 e. The molecule has 31 heavy (non-hydrogen) atoms. The van der Waals surface area contributed by atoms with E-state index in [0.29, 0.717) is 17.4 Å². The Morgan fingerprint density at radius 3 is 2.42 bits per heavy atom. The number of likely N-dealkylation sites (tertiary alicyclic amines) is 1. The van der Waals surface area contributed by atoms with Crippen molar-refractivity contribution in [1.82, 2.24) is 10.2 Å². The molecule has 4 nitrogen and oxygen atoms in total. The van der Waals surface area contributed by atoms with Crippen LogP contribution in [0.1, 0.15) is 90.2 Å². The second kappa shape index (κ2) is 12.8. The van der Waals surface area contributed by atoms with Gasteiger partial charge in [-0.15, -0.1) is 0 Å². The third kappa shape index (κ3) is 7.31. The molecule has 1 aliphatic heterocycles. The van der Waals surface area contributed by atoms with Gasteiger partial charge < -0.3 is 10.2 Å². The Hall–Kier alpha value is -1.94. The average Bonchev–Trinajstić information content (AvgIpc) is 2.77. The van der Waals surface area contributed by atoms with Crippen LogP contribution in [0.3, 0.4) is 0 Å². The molecule has 0 aromatic heterocycles. The van der Waals surface area contributed by atoms with Gasteiger partial charge in [0.2, 0.25) is 5.78 Å². The van der Waals surface area contributed by atoms with Crippen molar-refractivity contribution < 1.29 is 9.59 Å². The summed E-state index contributed by atoms with van der Waals surface area (Å²) in [5, 5.41) is 3.02. The minimum Gasteiger partial charge on any atom is -0.346 e. The van der Waals surface area contributed by atoms with E-state index in [-0.39, 0.29) is 6.04 Å². The Bertz CT molecular complexity index is 745. The molecule has 1 fully saturated rings. The fourth-order valence-electron chi connectivity index (χ4n) is 4.65. The Morgan fingerprint density at radius 1 is 1.16 bits per heavy atom. The minimum atomic E-state index is -0.466. The van der Waals surface area contributed by atoms with Gasteiger partial charge in [0.05, 0.1) is 0 Å². The number of ketones is 1. The molecule has 0 spiro atoms. The molecule has 1 heterocycles. The van der Waals surface area contributed by atoms with E-state index < -0.39 is 11.7 Å². The first-order valence-electron chi connectivity index (χ1n) is 12.2. The van der Waals surface area contributed by atoms with Crippen molar-refractivity contribution in [3.8, 4) is 0 Å². The van der Waals surface area contributed by atoms with Crippen molar-refractivity contribution in [2.24, 2.45) is 5.92 Å². The van der Waals surface area contributed by atoms with Gasteiger partial charge in [0, 0.05) is 24.7 Å². The molecular weight excluding hydrogens is 384 g/mol. The molecule has 0 saturated carbocycles. The topological polar surface area (TPSA) is 49.4 Å². The molecule has 4 heteroatoms. The number of piperidine rings is 1. The lowest BCUT2D eigenvalue weighted by atomic mass is 9.83. The Labute approximate surface area is 189 Å². The molecule has 1 saturated heterocycles. The number of carbonyl (C=O) groups is 2. The highest BCUT2D eigenvalue weighted by molar-refractivity contribution is 6.53. The fraction of sp³-hybridized carbons (Fsp3) is 0.630. The molecule has 1 amide bonds. The summed E-state index contributed by atoms with van der Waals surface area (Å²) < 4.78 is 0. The summed E-state index contributed by atoms with van der Waals surface area (Å²) in [7, 11) is 0. The Kier molecular flexibility index (Phi) is 10.5. The number of benzene rings is 1. The molecule has 2 rings (SSSR count). The molecule has 1 unspecified atom stereocenters. The number of carbonyl (C=O) groups excluding carboxylic acids is 2. The molecule has 1 aliphatic rings. The zero-order valence-corrected chi connectivity index (χ0v) is 20.2. The summed E-state index contributed by atoms with van der Waals surface area (Å²) in [6.07, 6.45) is 8.14. The zero-order valence-electron chi connectivity index (χ0n) is 20.2. The van der Waals surface area contributed by atoms with Gasteiger partial charge in [-0.3, -0.25) is 9.59 Å². The summed E-state index contributed by atoms with van der Waals surface area (Å²) >= 11 is 0. The molecule has 1 N–H and O–H groups in total. The van der Waals surface area contributed by atoms with Crippen molar-refractivity contribution in [2.45, 2.75) is 85.1 Å². The van der Waals surface area contributed by atoms with Gasteiger partial charge in [-0.25, -0.2) is 0 Å². The summed E-state index contributed by atoms with van der Waals surface area (Å²) in [6.45, 7) is 13.8. The van der Waals surface area contributed by atoms with Crippen LogP contribution in [0.4, 0.5) is 0 Å². The van der Waals surface area contributed by atoms with Gasteiger partial charge >= 0.3 is 0 Å². The highest BCUT2D eigenvalue weighted by Gasteiger charge is 2.27. The number of amides is 1. The van der Waals surface area contributed by atoms with E-state index in [4.69, 9.17) is 0 Å². The van der Waals surface area contributed by atoms with E-state index in [2.05, 4.69) is 44.0 Å². The molecule has 0 aliphatic carbocycles. The molecule has 0 radical (unpaired) electrons. The lowest BCUT2D eigenvalue weighted by molar-refractivity contribution is -0.135. The second-order valence-electron chi connectivity index (χ2n) is 9.30. The van der Waals surface area contributed by atoms with E-state index in [1.54, 1.807) is 6.08 Å². The Balaban J connectivity index is 2.08. The predicted molar refractivity (Wildman–Crippen MR) is 130 cm³/mol. The summed E-state index contributed by atoms with van der Waals surface area (Å²) in [6, 6.07) is 8.19. The number of Topliss-reactive ketones (excluding diaryl/α,β-unsaturated/α-hetero) is 1. The minimum absolute atomic E-state index is 0.0898. The van der Waals surface area contributed by atoms with E-state index in [1.807, 2.05) is 25.1 Å². The second-order valence-corrected chi connectivity index (χ2v) is 9.30. The normalized spacial score (nSPS) is 17.0. The fourth-order valence-corrected chi connectivity index (χ4v) is 4.65. The maximum atomic E-state index is 13.1. The van der Waals surface area contributed by atoms with Gasteiger partial charge in [0.25, 0.3) is 5.91 Å². The van der Waals surface area contributed by atoms with E-state index in [0.717, 1.165) is 50.9 Å². The van der Waals surface area contributed by atoms with Gasteiger partial charge in [-0.1, -0.05) is 64.5 Å². The summed E-state index contributed by atoms with van der Waals surface area (Å²) in [4.78, 5) is 28.5. The van der Waals surface area contributed by atoms with Gasteiger partial charge in [0.15, 0.2) is 0 Å². The molecule has 1 atom stereocenters. The SMILES string of the molecule is CC=C(C(=O)C(=O)NC1CCN(CCCC)CC1)c1ccccc1C(CC)CC(C)C. The molecule has 1 aromatic rings. The van der Waals surface area contributed by atoms with Gasteiger partial charge in [0.1, 0.15) is 0 Å². The van der Waals surface area contributed by atoms with Crippen molar-refractivity contribution >= 4 is 17.3 Å². The average molecular weight is 427 g/mol. The predicted octanol–water partition coefficient (Wildman–Crippen LogP) is 5.58. The summed E-state index contributed by atoms with van der Waals surface area (Å²) in [5.74, 6) is 0.0818. The number of hydrogen-bond acceptors (Lipinski definition) is 3. The quantitative estimate of drug-likeness (QED) is 0.371. The first kappa shape index (κ1) is 25.3. The van der Waals surface area contributed by atoms with Crippen LogP contribution >= 0.6 is 0 Å². The van der Waals surface area contributed by atoms with Gasteiger partial charge in [-0.2, -0.15) is 0 Å². The van der Waals surface area contributed by atoms with E-state index in [1.165, 1.54) is 18.4 Å². The monoisotopic (exact) mass is 426 g/mol. The first-order valence-corrected chi connectivity index (χ1v) is 12.2. The van der Waals surface area contributed by atoms with Crippen LogP contribution in [-0.2, 0) is 9.59 Å². The number of unbranched alkanes of at least 4 members (excludes halogenated alkanes) is 1. The van der Waals surface area contributed by atoms with Crippen LogP contribution in [0.2, 0.25) is 0 Å². The van der Waals surface area contributed by atoms with E-state index in [9.17, 15) is 9.59 Å². The first-order chi connectivity index (χ1) is 14.9. The third-order valence-corrected chi connectivity index (χ3v) is 6.43. The maximum Gasteiger partial charge on any atom is 0.292 e. The highest BCUT2D eigenvalue weighted by Crippen LogP contribution is 2.33. The Morgan fingerprint density at radius 2 is 1.84 bits per heavy atom. The van der Waals surface area contributed by atoms with Crippen molar-refractivity contribution in [1.29, 1.82) is 0 Å². The third-order valence-electron chi connectivity index (χ3n) is 6.43. The van der Waals surface area contributed by atoms with Gasteiger partial charge in [-0.05, 0) is 68.5 Å². The van der Waals surface area contributed by atoms with Crippen molar-refractivity contribution in [3.63, 3.8) is 0 Å². The highest BCUT2D eigenvalue weighted by atomic mass is 16.2. The van der Waals surface area contributed by atoms with Crippen LogP contribution < -0.4 is 5.32 Å². The van der Waals surface area contributed by atoms with Crippen LogP contribution in [0.25, 0.3) is 5.57 Å².